The monoisotopic (exact) mass is 320 g/mol. The molecule has 110 valence electrons. The summed E-state index contributed by atoms with van der Waals surface area (Å²) in [5, 5.41) is 1.85. The Labute approximate surface area is 133 Å². The first-order valence-corrected chi connectivity index (χ1v) is 8.01. The number of benzene rings is 1. The van der Waals surface area contributed by atoms with Crippen molar-refractivity contribution in [2.45, 2.75) is 13.5 Å². The summed E-state index contributed by atoms with van der Waals surface area (Å²) in [7, 11) is 2.11. The number of aromatic nitrogens is 1. The highest BCUT2D eigenvalue weighted by Crippen LogP contribution is 2.29. The van der Waals surface area contributed by atoms with Crippen LogP contribution >= 0.6 is 22.9 Å². The molecule has 3 rings (SSSR count). The van der Waals surface area contributed by atoms with Crippen molar-refractivity contribution in [1.29, 1.82) is 0 Å². The lowest BCUT2D eigenvalue weighted by atomic mass is 10.1. The maximum absolute atomic E-state index is 6.04. The van der Waals surface area contributed by atoms with Crippen LogP contribution in [0.3, 0.4) is 0 Å². The second-order valence-electron chi connectivity index (χ2n) is 5.29. The summed E-state index contributed by atoms with van der Waals surface area (Å²) < 4.78 is 5.78. The minimum absolute atomic E-state index is 0.640. The third-order valence-corrected chi connectivity index (χ3v) is 4.45. The number of aryl methyl sites for hydroxylation is 1. The van der Waals surface area contributed by atoms with Crippen molar-refractivity contribution in [2.24, 2.45) is 0 Å². The molecule has 0 N–H and O–H groups in total. The molecule has 0 saturated carbocycles. The molecule has 1 aromatic heterocycles. The summed E-state index contributed by atoms with van der Waals surface area (Å²) >= 11 is 7.79. The molecule has 0 amide bonds. The zero-order valence-electron chi connectivity index (χ0n) is 12.1. The molecule has 0 radical (unpaired) electrons. The SMILES string of the molecule is Cc1ncc(CN(C)CC2=Cc3cc(Cl)ccc3OC2)s1. The first-order chi connectivity index (χ1) is 10.1. The van der Waals surface area contributed by atoms with Gasteiger partial charge in [-0.15, -0.1) is 11.3 Å². The molecule has 0 unspecified atom stereocenters. The van der Waals surface area contributed by atoms with E-state index in [1.165, 1.54) is 10.5 Å². The molecular weight excluding hydrogens is 304 g/mol. The van der Waals surface area contributed by atoms with Gasteiger partial charge in [0.25, 0.3) is 0 Å². The molecular formula is C16H17ClN2OS. The van der Waals surface area contributed by atoms with E-state index in [-0.39, 0.29) is 0 Å². The van der Waals surface area contributed by atoms with Crippen LogP contribution in [0.15, 0.2) is 30.0 Å². The van der Waals surface area contributed by atoms with Gasteiger partial charge in [0, 0.05) is 34.7 Å². The van der Waals surface area contributed by atoms with Crippen LogP contribution in [-0.4, -0.2) is 30.1 Å². The normalized spacial score (nSPS) is 13.8. The molecule has 21 heavy (non-hydrogen) atoms. The maximum Gasteiger partial charge on any atom is 0.127 e. The summed E-state index contributed by atoms with van der Waals surface area (Å²) in [6, 6.07) is 5.73. The van der Waals surface area contributed by atoms with Crippen LogP contribution in [0.1, 0.15) is 15.4 Å². The lowest BCUT2D eigenvalue weighted by Crippen LogP contribution is -2.23. The number of hydrogen-bond donors (Lipinski definition) is 0. The number of hydrogen-bond acceptors (Lipinski definition) is 4. The first-order valence-electron chi connectivity index (χ1n) is 6.82. The van der Waals surface area contributed by atoms with Crippen LogP contribution in [0.4, 0.5) is 0 Å². The number of thiazole rings is 1. The van der Waals surface area contributed by atoms with Gasteiger partial charge in [-0.3, -0.25) is 4.90 Å². The summed E-state index contributed by atoms with van der Waals surface area (Å²) in [5.41, 5.74) is 2.32. The van der Waals surface area contributed by atoms with E-state index in [9.17, 15) is 0 Å². The van der Waals surface area contributed by atoms with Gasteiger partial charge in [-0.2, -0.15) is 0 Å². The molecule has 0 bridgehead atoms. The number of halogens is 1. The van der Waals surface area contributed by atoms with Crippen molar-refractivity contribution in [2.75, 3.05) is 20.2 Å². The zero-order valence-corrected chi connectivity index (χ0v) is 13.7. The standard InChI is InChI=1S/C16H17ClN2OS/c1-11-18-7-15(21-11)9-19(2)8-12-5-13-6-14(17)3-4-16(13)20-10-12/h3-7H,8-10H2,1-2H3. The van der Waals surface area contributed by atoms with Crippen molar-refractivity contribution >= 4 is 29.0 Å². The molecule has 1 aliphatic heterocycles. The quantitative estimate of drug-likeness (QED) is 0.851. The van der Waals surface area contributed by atoms with Crippen LogP contribution in [0.5, 0.6) is 5.75 Å². The summed E-state index contributed by atoms with van der Waals surface area (Å²) in [4.78, 5) is 7.86. The van der Waals surface area contributed by atoms with Gasteiger partial charge in [0.15, 0.2) is 0 Å². The number of ether oxygens (including phenoxy) is 1. The summed E-state index contributed by atoms with van der Waals surface area (Å²) in [6.45, 7) is 4.46. The Bertz CT molecular complexity index is 681. The Balaban J connectivity index is 1.67. The largest absolute Gasteiger partial charge is 0.489 e. The Morgan fingerprint density at radius 3 is 3.00 bits per heavy atom. The van der Waals surface area contributed by atoms with E-state index in [0.717, 1.165) is 34.4 Å². The highest BCUT2D eigenvalue weighted by atomic mass is 35.5. The van der Waals surface area contributed by atoms with Gasteiger partial charge in [-0.1, -0.05) is 11.6 Å². The average Bonchev–Trinajstić information content (AvgIpc) is 2.83. The van der Waals surface area contributed by atoms with Crippen LogP contribution in [0.25, 0.3) is 6.08 Å². The highest BCUT2D eigenvalue weighted by molar-refractivity contribution is 7.11. The van der Waals surface area contributed by atoms with E-state index in [0.29, 0.717) is 6.61 Å². The molecule has 0 atom stereocenters. The smallest absolute Gasteiger partial charge is 0.127 e. The molecule has 2 heterocycles. The molecule has 1 aromatic carbocycles. The third kappa shape index (κ3) is 3.64. The fraction of sp³-hybridized carbons (Fsp3) is 0.312. The molecule has 0 saturated heterocycles. The second kappa shape index (κ2) is 6.18. The maximum atomic E-state index is 6.04. The molecule has 0 spiro atoms. The number of fused-ring (bicyclic) bond motifs is 1. The van der Waals surface area contributed by atoms with Crippen LogP contribution in [0.2, 0.25) is 5.02 Å². The Morgan fingerprint density at radius 2 is 2.24 bits per heavy atom. The van der Waals surface area contributed by atoms with Gasteiger partial charge < -0.3 is 4.74 Å². The van der Waals surface area contributed by atoms with E-state index in [4.69, 9.17) is 16.3 Å². The Morgan fingerprint density at radius 1 is 1.38 bits per heavy atom. The predicted molar refractivity (Wildman–Crippen MR) is 88.1 cm³/mol. The van der Waals surface area contributed by atoms with E-state index in [2.05, 4.69) is 23.0 Å². The lowest BCUT2D eigenvalue weighted by molar-refractivity contribution is 0.306. The van der Waals surface area contributed by atoms with Gasteiger partial charge in [-0.25, -0.2) is 4.98 Å². The van der Waals surface area contributed by atoms with Crippen LogP contribution < -0.4 is 4.74 Å². The fourth-order valence-electron chi connectivity index (χ4n) is 2.43. The van der Waals surface area contributed by atoms with Crippen molar-refractivity contribution in [3.8, 4) is 5.75 Å². The average molecular weight is 321 g/mol. The molecule has 0 fully saturated rings. The third-order valence-electron chi connectivity index (χ3n) is 3.31. The highest BCUT2D eigenvalue weighted by Gasteiger charge is 2.13. The molecule has 0 aliphatic carbocycles. The van der Waals surface area contributed by atoms with Crippen molar-refractivity contribution in [3.05, 3.63) is 50.4 Å². The minimum atomic E-state index is 0.640. The summed E-state index contributed by atoms with van der Waals surface area (Å²) in [6.07, 6.45) is 4.14. The zero-order chi connectivity index (χ0) is 14.8. The molecule has 3 nitrogen and oxygen atoms in total. The first kappa shape index (κ1) is 14.6. The van der Waals surface area contributed by atoms with E-state index < -0.39 is 0 Å². The summed E-state index contributed by atoms with van der Waals surface area (Å²) in [5.74, 6) is 0.906. The lowest BCUT2D eigenvalue weighted by Gasteiger charge is -2.22. The van der Waals surface area contributed by atoms with Crippen LogP contribution in [0, 0.1) is 6.92 Å². The molecule has 2 aromatic rings. The van der Waals surface area contributed by atoms with Gasteiger partial charge in [-0.05, 0) is 43.8 Å². The fourth-order valence-corrected chi connectivity index (χ4v) is 3.49. The topological polar surface area (TPSA) is 25.4 Å². The second-order valence-corrected chi connectivity index (χ2v) is 7.05. The minimum Gasteiger partial charge on any atom is -0.489 e. The van der Waals surface area contributed by atoms with E-state index in [1.54, 1.807) is 11.3 Å². The Hall–Kier alpha value is -1.36. The molecule has 1 aliphatic rings. The molecule has 5 heteroatoms. The number of likely N-dealkylation sites (N-methyl/N-ethyl adjacent to an activating group) is 1. The van der Waals surface area contributed by atoms with Gasteiger partial charge in [0.1, 0.15) is 12.4 Å². The van der Waals surface area contributed by atoms with Gasteiger partial charge >= 0.3 is 0 Å². The Kier molecular flexibility index (Phi) is 4.29. The van der Waals surface area contributed by atoms with Crippen molar-refractivity contribution in [1.82, 2.24) is 9.88 Å². The van der Waals surface area contributed by atoms with Gasteiger partial charge in [0.05, 0.1) is 5.01 Å². The van der Waals surface area contributed by atoms with Gasteiger partial charge in [0.2, 0.25) is 0 Å². The number of rotatable bonds is 4. The van der Waals surface area contributed by atoms with E-state index >= 15 is 0 Å². The predicted octanol–water partition coefficient (Wildman–Crippen LogP) is 4.01. The van der Waals surface area contributed by atoms with Crippen LogP contribution in [-0.2, 0) is 6.54 Å². The van der Waals surface area contributed by atoms with Crippen molar-refractivity contribution < 1.29 is 4.74 Å². The number of nitrogens with zero attached hydrogens (tertiary/aromatic N) is 2. The van der Waals surface area contributed by atoms with Crippen molar-refractivity contribution in [3.63, 3.8) is 0 Å². The van der Waals surface area contributed by atoms with E-state index in [1.807, 2.05) is 31.3 Å².